The number of nitrogens with zero attached hydrogens (tertiary/aromatic N) is 1. The van der Waals surface area contributed by atoms with Crippen molar-refractivity contribution in [3.8, 4) is 0 Å². The smallest absolute Gasteiger partial charge is 0.322 e. The third-order valence-corrected chi connectivity index (χ3v) is 3.30. The molecule has 16 heavy (non-hydrogen) atoms. The van der Waals surface area contributed by atoms with Crippen molar-refractivity contribution >= 4 is 5.97 Å². The van der Waals surface area contributed by atoms with Gasteiger partial charge in [0.15, 0.2) is 0 Å². The monoisotopic (exact) mass is 228 g/mol. The van der Waals surface area contributed by atoms with Gasteiger partial charge in [-0.05, 0) is 40.2 Å². The molecule has 0 aromatic heterocycles. The van der Waals surface area contributed by atoms with Crippen LogP contribution in [0, 0.1) is 0 Å². The lowest BCUT2D eigenvalue weighted by atomic mass is 10.1. The molecule has 4 heteroatoms. The first-order valence-electron chi connectivity index (χ1n) is 6.13. The number of carbonyl (C=O) groups is 1. The average Bonchev–Trinajstić information content (AvgIpc) is 2.76. The summed E-state index contributed by atoms with van der Waals surface area (Å²) in [5.41, 5.74) is 0. The number of rotatable bonds is 5. The lowest BCUT2D eigenvalue weighted by molar-refractivity contribution is -0.147. The molecule has 1 rings (SSSR count). The number of hydrogen-bond acceptors (Lipinski definition) is 4. The highest BCUT2D eigenvalue weighted by atomic mass is 16.5. The van der Waals surface area contributed by atoms with E-state index in [2.05, 4.69) is 24.1 Å². The van der Waals surface area contributed by atoms with Crippen LogP contribution in [0.5, 0.6) is 0 Å². The number of methoxy groups -OCH3 is 1. The molecule has 2 unspecified atom stereocenters. The fourth-order valence-electron chi connectivity index (χ4n) is 2.29. The Bertz CT molecular complexity index is 225. The summed E-state index contributed by atoms with van der Waals surface area (Å²) in [6, 6.07) is 0.721. The number of ether oxygens (including phenoxy) is 1. The molecule has 0 aromatic rings. The van der Waals surface area contributed by atoms with E-state index in [-0.39, 0.29) is 12.0 Å². The standard InChI is InChI=1S/C12H24N2O2/c1-9(2)14(10(3)12(15)16-4)8-11-6-5-7-13-11/h9-11,13H,5-8H2,1-4H3. The Balaban J connectivity index is 2.55. The van der Waals surface area contributed by atoms with Crippen molar-refractivity contribution in [3.63, 3.8) is 0 Å². The highest BCUT2D eigenvalue weighted by molar-refractivity contribution is 5.75. The van der Waals surface area contributed by atoms with Crippen LogP contribution >= 0.6 is 0 Å². The average molecular weight is 228 g/mol. The molecule has 1 aliphatic rings. The SMILES string of the molecule is COC(=O)C(C)N(CC1CCCN1)C(C)C. The number of hydrogen-bond donors (Lipinski definition) is 1. The number of carbonyl (C=O) groups excluding carboxylic acids is 1. The van der Waals surface area contributed by atoms with Gasteiger partial charge in [-0.1, -0.05) is 0 Å². The minimum Gasteiger partial charge on any atom is -0.468 e. The Kier molecular flexibility index (Phi) is 5.22. The quantitative estimate of drug-likeness (QED) is 0.713. The maximum Gasteiger partial charge on any atom is 0.322 e. The Labute approximate surface area is 98.3 Å². The molecule has 1 aliphatic heterocycles. The van der Waals surface area contributed by atoms with Crippen molar-refractivity contribution in [2.75, 3.05) is 20.2 Å². The molecular formula is C12H24N2O2. The van der Waals surface area contributed by atoms with Crippen LogP contribution in [0.4, 0.5) is 0 Å². The molecule has 1 fully saturated rings. The zero-order chi connectivity index (χ0) is 12.1. The van der Waals surface area contributed by atoms with Crippen LogP contribution < -0.4 is 5.32 Å². The van der Waals surface area contributed by atoms with Gasteiger partial charge >= 0.3 is 5.97 Å². The molecule has 1 heterocycles. The molecule has 1 saturated heterocycles. The Hall–Kier alpha value is -0.610. The van der Waals surface area contributed by atoms with Crippen LogP contribution in [0.25, 0.3) is 0 Å². The van der Waals surface area contributed by atoms with Gasteiger partial charge in [-0.15, -0.1) is 0 Å². The molecule has 0 amide bonds. The minimum absolute atomic E-state index is 0.147. The number of esters is 1. The minimum atomic E-state index is -0.160. The number of nitrogens with one attached hydrogen (secondary N) is 1. The largest absolute Gasteiger partial charge is 0.468 e. The van der Waals surface area contributed by atoms with Crippen molar-refractivity contribution in [3.05, 3.63) is 0 Å². The van der Waals surface area contributed by atoms with Gasteiger partial charge in [0.1, 0.15) is 6.04 Å². The summed E-state index contributed by atoms with van der Waals surface area (Å²) in [6.07, 6.45) is 2.44. The molecule has 0 saturated carbocycles. The summed E-state index contributed by atoms with van der Waals surface area (Å²) in [6.45, 7) is 8.18. The summed E-state index contributed by atoms with van der Waals surface area (Å²) in [5.74, 6) is -0.147. The Morgan fingerprint density at radius 3 is 2.62 bits per heavy atom. The normalized spacial score (nSPS) is 22.8. The second-order valence-electron chi connectivity index (χ2n) is 4.78. The van der Waals surface area contributed by atoms with Crippen molar-refractivity contribution in [1.82, 2.24) is 10.2 Å². The van der Waals surface area contributed by atoms with Crippen LogP contribution in [0.3, 0.4) is 0 Å². The van der Waals surface area contributed by atoms with E-state index < -0.39 is 0 Å². The van der Waals surface area contributed by atoms with Crippen LogP contribution in [-0.4, -0.2) is 49.2 Å². The zero-order valence-electron chi connectivity index (χ0n) is 10.8. The molecule has 1 N–H and O–H groups in total. The summed E-state index contributed by atoms with van der Waals surface area (Å²) in [5, 5.41) is 3.46. The maximum atomic E-state index is 11.5. The molecule has 2 atom stereocenters. The summed E-state index contributed by atoms with van der Waals surface area (Å²) >= 11 is 0. The van der Waals surface area contributed by atoms with Gasteiger partial charge in [0.25, 0.3) is 0 Å². The molecule has 94 valence electrons. The van der Waals surface area contributed by atoms with E-state index in [1.54, 1.807) is 0 Å². The van der Waals surface area contributed by atoms with Crippen molar-refractivity contribution in [2.24, 2.45) is 0 Å². The molecule has 0 bridgehead atoms. The third kappa shape index (κ3) is 3.46. The molecule has 0 radical (unpaired) electrons. The predicted octanol–water partition coefficient (Wildman–Crippen LogP) is 1.01. The van der Waals surface area contributed by atoms with Crippen LogP contribution in [0.1, 0.15) is 33.6 Å². The second kappa shape index (κ2) is 6.21. The molecule has 0 aliphatic carbocycles. The second-order valence-corrected chi connectivity index (χ2v) is 4.78. The van der Waals surface area contributed by atoms with Crippen LogP contribution in [-0.2, 0) is 9.53 Å². The molecule has 0 aromatic carbocycles. The van der Waals surface area contributed by atoms with E-state index in [4.69, 9.17) is 4.74 Å². The van der Waals surface area contributed by atoms with Crippen LogP contribution in [0.2, 0.25) is 0 Å². The van der Waals surface area contributed by atoms with E-state index in [1.807, 2.05) is 6.92 Å². The van der Waals surface area contributed by atoms with Crippen molar-refractivity contribution < 1.29 is 9.53 Å². The van der Waals surface area contributed by atoms with Gasteiger partial charge in [-0.25, -0.2) is 0 Å². The van der Waals surface area contributed by atoms with Gasteiger partial charge in [0.05, 0.1) is 7.11 Å². The highest BCUT2D eigenvalue weighted by Gasteiger charge is 2.27. The fourth-order valence-corrected chi connectivity index (χ4v) is 2.29. The fraction of sp³-hybridized carbons (Fsp3) is 0.917. The van der Waals surface area contributed by atoms with Crippen molar-refractivity contribution in [2.45, 2.75) is 51.7 Å². The maximum absolute atomic E-state index is 11.5. The van der Waals surface area contributed by atoms with E-state index in [9.17, 15) is 4.79 Å². The van der Waals surface area contributed by atoms with Gasteiger partial charge in [-0.3, -0.25) is 9.69 Å². The topological polar surface area (TPSA) is 41.6 Å². The highest BCUT2D eigenvalue weighted by Crippen LogP contribution is 2.13. The summed E-state index contributed by atoms with van der Waals surface area (Å²) in [7, 11) is 1.45. The third-order valence-electron chi connectivity index (χ3n) is 3.30. The first-order chi connectivity index (χ1) is 7.56. The molecular weight excluding hydrogens is 204 g/mol. The van der Waals surface area contributed by atoms with E-state index in [0.717, 1.165) is 13.1 Å². The Morgan fingerprint density at radius 2 is 2.19 bits per heavy atom. The summed E-state index contributed by atoms with van der Waals surface area (Å²) < 4.78 is 4.81. The van der Waals surface area contributed by atoms with Gasteiger partial charge in [-0.2, -0.15) is 0 Å². The lowest BCUT2D eigenvalue weighted by Crippen LogP contribution is -2.49. The van der Waals surface area contributed by atoms with E-state index in [0.29, 0.717) is 12.1 Å². The van der Waals surface area contributed by atoms with Gasteiger partial charge in [0.2, 0.25) is 0 Å². The molecule has 4 nitrogen and oxygen atoms in total. The van der Waals surface area contributed by atoms with Crippen LogP contribution in [0.15, 0.2) is 0 Å². The molecule has 0 spiro atoms. The Morgan fingerprint density at radius 1 is 1.50 bits per heavy atom. The predicted molar refractivity (Wildman–Crippen MR) is 64.3 cm³/mol. The van der Waals surface area contributed by atoms with Gasteiger partial charge in [0, 0.05) is 18.6 Å². The zero-order valence-corrected chi connectivity index (χ0v) is 10.8. The first kappa shape index (κ1) is 13.5. The van der Waals surface area contributed by atoms with Gasteiger partial charge < -0.3 is 10.1 Å². The first-order valence-corrected chi connectivity index (χ1v) is 6.13. The van der Waals surface area contributed by atoms with Crippen molar-refractivity contribution in [1.29, 1.82) is 0 Å². The summed E-state index contributed by atoms with van der Waals surface area (Å²) in [4.78, 5) is 13.8. The van der Waals surface area contributed by atoms with E-state index in [1.165, 1.54) is 20.0 Å². The lowest BCUT2D eigenvalue weighted by Gasteiger charge is -2.33. The van der Waals surface area contributed by atoms with E-state index >= 15 is 0 Å².